The SMILES string of the molecule is OC1CSCC1c1nc(CCc2ccccc2)no1. The van der Waals surface area contributed by atoms with Crippen molar-refractivity contribution >= 4 is 11.8 Å². The topological polar surface area (TPSA) is 59.2 Å². The second-order valence-electron chi connectivity index (χ2n) is 4.75. The Kier molecular flexibility index (Phi) is 3.84. The summed E-state index contributed by atoms with van der Waals surface area (Å²) in [5, 5.41) is 13.8. The molecular weight excluding hydrogens is 260 g/mol. The molecule has 5 heteroatoms. The minimum Gasteiger partial charge on any atom is -0.391 e. The van der Waals surface area contributed by atoms with E-state index in [2.05, 4.69) is 22.3 Å². The van der Waals surface area contributed by atoms with Crippen LogP contribution in [0.1, 0.15) is 23.2 Å². The maximum atomic E-state index is 9.81. The van der Waals surface area contributed by atoms with Crippen LogP contribution in [-0.2, 0) is 12.8 Å². The molecule has 2 aromatic rings. The maximum absolute atomic E-state index is 9.81. The molecule has 3 rings (SSSR count). The highest BCUT2D eigenvalue weighted by molar-refractivity contribution is 7.99. The second-order valence-corrected chi connectivity index (χ2v) is 5.82. The summed E-state index contributed by atoms with van der Waals surface area (Å²) in [6, 6.07) is 10.3. The first-order valence-corrected chi connectivity index (χ1v) is 7.60. The van der Waals surface area contributed by atoms with Crippen LogP contribution in [0.15, 0.2) is 34.9 Å². The van der Waals surface area contributed by atoms with Crippen molar-refractivity contribution < 1.29 is 9.63 Å². The minimum absolute atomic E-state index is 0.00275. The molecule has 2 atom stereocenters. The summed E-state index contributed by atoms with van der Waals surface area (Å²) in [7, 11) is 0. The van der Waals surface area contributed by atoms with Gasteiger partial charge >= 0.3 is 0 Å². The van der Waals surface area contributed by atoms with E-state index in [0.29, 0.717) is 5.89 Å². The first-order valence-electron chi connectivity index (χ1n) is 6.45. The molecule has 1 aliphatic heterocycles. The van der Waals surface area contributed by atoms with E-state index >= 15 is 0 Å². The van der Waals surface area contributed by atoms with Gasteiger partial charge in [0.05, 0.1) is 12.0 Å². The molecule has 1 N–H and O–H groups in total. The lowest BCUT2D eigenvalue weighted by molar-refractivity contribution is 0.164. The van der Waals surface area contributed by atoms with Crippen LogP contribution in [0, 0.1) is 0 Å². The Morgan fingerprint density at radius 2 is 2.05 bits per heavy atom. The number of hydrogen-bond acceptors (Lipinski definition) is 5. The van der Waals surface area contributed by atoms with Crippen LogP contribution in [-0.4, -0.2) is 32.9 Å². The number of aliphatic hydroxyl groups excluding tert-OH is 1. The lowest BCUT2D eigenvalue weighted by atomic mass is 10.1. The van der Waals surface area contributed by atoms with E-state index in [0.717, 1.165) is 30.2 Å². The average Bonchev–Trinajstić information content (AvgIpc) is 3.06. The summed E-state index contributed by atoms with van der Waals surface area (Å²) >= 11 is 1.73. The van der Waals surface area contributed by atoms with E-state index in [-0.39, 0.29) is 12.0 Å². The molecule has 0 radical (unpaired) electrons. The summed E-state index contributed by atoms with van der Waals surface area (Å²) in [5.74, 6) is 2.93. The number of aliphatic hydroxyl groups is 1. The van der Waals surface area contributed by atoms with Gasteiger partial charge in [-0.2, -0.15) is 16.7 Å². The van der Waals surface area contributed by atoms with Crippen LogP contribution in [0.5, 0.6) is 0 Å². The zero-order chi connectivity index (χ0) is 13.1. The molecule has 0 saturated carbocycles. The zero-order valence-corrected chi connectivity index (χ0v) is 11.3. The van der Waals surface area contributed by atoms with Crippen LogP contribution < -0.4 is 0 Å². The monoisotopic (exact) mass is 276 g/mol. The van der Waals surface area contributed by atoms with E-state index in [1.807, 2.05) is 18.2 Å². The third-order valence-electron chi connectivity index (χ3n) is 3.33. The lowest BCUT2D eigenvalue weighted by Crippen LogP contribution is -2.15. The second kappa shape index (κ2) is 5.75. The fourth-order valence-electron chi connectivity index (χ4n) is 2.20. The van der Waals surface area contributed by atoms with Gasteiger partial charge in [-0.3, -0.25) is 0 Å². The molecule has 1 aromatic heterocycles. The van der Waals surface area contributed by atoms with Crippen molar-refractivity contribution in [1.29, 1.82) is 0 Å². The van der Waals surface area contributed by atoms with Gasteiger partial charge in [0.1, 0.15) is 0 Å². The number of benzene rings is 1. The highest BCUT2D eigenvalue weighted by Crippen LogP contribution is 2.31. The summed E-state index contributed by atoms with van der Waals surface area (Å²) in [6.45, 7) is 0. The van der Waals surface area contributed by atoms with Crippen LogP contribution in [0.25, 0.3) is 0 Å². The molecule has 0 spiro atoms. The fraction of sp³-hybridized carbons (Fsp3) is 0.429. The molecule has 1 aromatic carbocycles. The van der Waals surface area contributed by atoms with Crippen LogP contribution >= 0.6 is 11.8 Å². The predicted octanol–water partition coefficient (Wildman–Crippen LogP) is 2.05. The Hall–Kier alpha value is -1.33. The fourth-order valence-corrected chi connectivity index (χ4v) is 3.43. The van der Waals surface area contributed by atoms with Crippen LogP contribution in [0.3, 0.4) is 0 Å². The number of thioether (sulfide) groups is 1. The van der Waals surface area contributed by atoms with E-state index < -0.39 is 0 Å². The molecule has 1 fully saturated rings. The average molecular weight is 276 g/mol. The van der Waals surface area contributed by atoms with Crippen molar-refractivity contribution in [3.63, 3.8) is 0 Å². The third kappa shape index (κ3) is 2.98. The number of aryl methyl sites for hydroxylation is 2. The number of rotatable bonds is 4. The molecule has 100 valence electrons. The molecule has 2 unspecified atom stereocenters. The Labute approximate surface area is 116 Å². The smallest absolute Gasteiger partial charge is 0.233 e. The first-order chi connectivity index (χ1) is 9.33. The lowest BCUT2D eigenvalue weighted by Gasteiger charge is -2.06. The van der Waals surface area contributed by atoms with Crippen LogP contribution in [0.4, 0.5) is 0 Å². The largest absolute Gasteiger partial charge is 0.391 e. The van der Waals surface area contributed by atoms with Crippen molar-refractivity contribution in [3.8, 4) is 0 Å². The first kappa shape index (κ1) is 12.7. The minimum atomic E-state index is -0.354. The van der Waals surface area contributed by atoms with Gasteiger partial charge in [0.15, 0.2) is 5.82 Å². The molecule has 0 amide bonds. The summed E-state index contributed by atoms with van der Waals surface area (Å²) in [5.41, 5.74) is 1.27. The molecule has 1 saturated heterocycles. The standard InChI is InChI=1S/C14H16N2O2S/c17-12-9-19-8-11(12)14-15-13(16-18-14)7-6-10-4-2-1-3-5-10/h1-5,11-12,17H,6-9H2. The molecule has 0 aliphatic carbocycles. The van der Waals surface area contributed by atoms with Crippen molar-refractivity contribution in [3.05, 3.63) is 47.6 Å². The normalized spacial score (nSPS) is 22.8. The van der Waals surface area contributed by atoms with E-state index in [1.165, 1.54) is 5.56 Å². The molecule has 2 heterocycles. The van der Waals surface area contributed by atoms with Gasteiger partial charge in [0.25, 0.3) is 0 Å². The highest BCUT2D eigenvalue weighted by Gasteiger charge is 2.31. The summed E-state index contributed by atoms with van der Waals surface area (Å²) in [4.78, 5) is 4.41. The van der Waals surface area contributed by atoms with E-state index in [1.54, 1.807) is 11.8 Å². The summed E-state index contributed by atoms with van der Waals surface area (Å²) < 4.78 is 5.27. The maximum Gasteiger partial charge on any atom is 0.233 e. The Bertz CT molecular complexity index is 529. The van der Waals surface area contributed by atoms with E-state index in [9.17, 15) is 5.11 Å². The van der Waals surface area contributed by atoms with Gasteiger partial charge in [0.2, 0.25) is 5.89 Å². The van der Waals surface area contributed by atoms with Gasteiger partial charge in [-0.25, -0.2) is 0 Å². The highest BCUT2D eigenvalue weighted by atomic mass is 32.2. The third-order valence-corrected chi connectivity index (χ3v) is 4.50. The van der Waals surface area contributed by atoms with Gasteiger partial charge in [-0.15, -0.1) is 0 Å². The van der Waals surface area contributed by atoms with Crippen molar-refractivity contribution in [2.45, 2.75) is 24.9 Å². The molecule has 1 aliphatic rings. The number of nitrogens with zero attached hydrogens (tertiary/aromatic N) is 2. The van der Waals surface area contributed by atoms with Gasteiger partial charge < -0.3 is 9.63 Å². The van der Waals surface area contributed by atoms with Gasteiger partial charge in [-0.1, -0.05) is 35.5 Å². The quantitative estimate of drug-likeness (QED) is 0.926. The number of aromatic nitrogens is 2. The summed E-state index contributed by atoms with van der Waals surface area (Å²) in [6.07, 6.45) is 1.32. The Morgan fingerprint density at radius 1 is 1.21 bits per heavy atom. The van der Waals surface area contributed by atoms with Crippen molar-refractivity contribution in [2.24, 2.45) is 0 Å². The Balaban J connectivity index is 1.62. The predicted molar refractivity (Wildman–Crippen MR) is 74.2 cm³/mol. The van der Waals surface area contributed by atoms with Gasteiger partial charge in [-0.05, 0) is 12.0 Å². The van der Waals surface area contributed by atoms with Crippen LogP contribution in [0.2, 0.25) is 0 Å². The molecule has 4 nitrogen and oxygen atoms in total. The van der Waals surface area contributed by atoms with Crippen molar-refractivity contribution in [1.82, 2.24) is 10.1 Å². The molecular formula is C14H16N2O2S. The van der Waals surface area contributed by atoms with Gasteiger partial charge in [0, 0.05) is 17.9 Å². The molecule has 19 heavy (non-hydrogen) atoms. The molecule has 0 bridgehead atoms. The van der Waals surface area contributed by atoms with Crippen molar-refractivity contribution in [2.75, 3.05) is 11.5 Å². The van der Waals surface area contributed by atoms with E-state index in [4.69, 9.17) is 4.52 Å². The Morgan fingerprint density at radius 3 is 2.79 bits per heavy atom. The number of hydrogen-bond donors (Lipinski definition) is 1. The zero-order valence-electron chi connectivity index (χ0n) is 10.5.